The average Bonchev–Trinajstić information content (AvgIpc) is 2.66. The fourth-order valence-electron chi connectivity index (χ4n) is 1.70. The molecule has 2 N–H and O–H groups in total. The number of rotatable bonds is 2. The third kappa shape index (κ3) is 1.53. The van der Waals surface area contributed by atoms with E-state index in [9.17, 15) is 9.50 Å². The molecule has 0 saturated carbocycles. The normalized spacial score (nSPS) is 12.3. The number of hydrogen-bond acceptors (Lipinski definition) is 1. The van der Waals surface area contributed by atoms with Crippen molar-refractivity contribution in [2.45, 2.75) is 19.3 Å². The number of fused-ring (bicyclic) bond motifs is 1. The van der Waals surface area contributed by atoms with Gasteiger partial charge in [0.25, 0.3) is 0 Å². The minimum Gasteiger partial charge on any atom is -0.395 e. The average molecular weight is 207 g/mol. The van der Waals surface area contributed by atoms with Crippen molar-refractivity contribution < 1.29 is 9.50 Å². The lowest BCUT2D eigenvalue weighted by molar-refractivity contribution is 0.215. The summed E-state index contributed by atoms with van der Waals surface area (Å²) in [7, 11) is 0. The molecule has 3 heteroatoms. The van der Waals surface area contributed by atoms with Gasteiger partial charge in [0, 0.05) is 22.5 Å². The minimum absolute atomic E-state index is 0.0696. The van der Waals surface area contributed by atoms with Crippen molar-refractivity contribution in [2.24, 2.45) is 0 Å². The maximum atomic E-state index is 14.1. The Labute approximate surface area is 87.7 Å². The number of aromatic amines is 1. The second-order valence-electron chi connectivity index (χ2n) is 4.41. The first-order valence-electron chi connectivity index (χ1n) is 4.93. The van der Waals surface area contributed by atoms with E-state index in [0.29, 0.717) is 10.9 Å². The highest BCUT2D eigenvalue weighted by atomic mass is 19.1. The molecule has 1 aromatic heterocycles. The number of hydrogen-bond donors (Lipinski definition) is 2. The fourth-order valence-corrected chi connectivity index (χ4v) is 1.70. The first-order chi connectivity index (χ1) is 7.06. The number of aliphatic hydroxyl groups is 1. The van der Waals surface area contributed by atoms with Gasteiger partial charge in [-0.2, -0.15) is 0 Å². The lowest BCUT2D eigenvalue weighted by Crippen LogP contribution is -2.23. The third-order valence-corrected chi connectivity index (χ3v) is 2.79. The van der Waals surface area contributed by atoms with Gasteiger partial charge in [-0.25, -0.2) is 4.39 Å². The summed E-state index contributed by atoms with van der Waals surface area (Å²) in [4.78, 5) is 2.95. The van der Waals surface area contributed by atoms with E-state index in [-0.39, 0.29) is 12.4 Å². The molecule has 1 aromatic carbocycles. The summed E-state index contributed by atoms with van der Waals surface area (Å²) >= 11 is 0. The lowest BCUT2D eigenvalue weighted by atomic mass is 9.84. The predicted molar refractivity (Wildman–Crippen MR) is 58.4 cm³/mol. The number of nitrogens with one attached hydrogen (secondary N) is 1. The van der Waals surface area contributed by atoms with E-state index < -0.39 is 5.41 Å². The number of H-pyrrole nitrogens is 1. The first kappa shape index (κ1) is 10.2. The molecule has 0 unspecified atom stereocenters. The predicted octanol–water partition coefficient (Wildman–Crippen LogP) is 2.58. The zero-order valence-corrected chi connectivity index (χ0v) is 8.84. The smallest absolute Gasteiger partial charge is 0.136 e. The molecule has 2 rings (SSSR count). The van der Waals surface area contributed by atoms with Crippen molar-refractivity contribution in [1.82, 2.24) is 4.98 Å². The fraction of sp³-hybridized carbons (Fsp3) is 0.333. The number of aliphatic hydroxyl groups excluding tert-OH is 1. The van der Waals surface area contributed by atoms with Crippen molar-refractivity contribution in [2.75, 3.05) is 6.61 Å². The van der Waals surface area contributed by atoms with Crippen LogP contribution in [-0.4, -0.2) is 16.7 Å². The second-order valence-corrected chi connectivity index (χ2v) is 4.41. The standard InChI is InChI=1S/C12H14FNO/c1-12(2,7-15)9-3-4-10-8(11(9)13)5-6-14-10/h3-6,14-15H,7H2,1-2H3. The molecule has 0 aliphatic heterocycles. The van der Waals surface area contributed by atoms with E-state index in [4.69, 9.17) is 0 Å². The van der Waals surface area contributed by atoms with Gasteiger partial charge in [-0.05, 0) is 17.7 Å². The summed E-state index contributed by atoms with van der Waals surface area (Å²) in [6, 6.07) is 5.27. The van der Waals surface area contributed by atoms with Crippen molar-refractivity contribution in [3.8, 4) is 0 Å². The summed E-state index contributed by atoms with van der Waals surface area (Å²) in [6.45, 7) is 3.58. The van der Waals surface area contributed by atoms with Gasteiger partial charge in [-0.3, -0.25) is 0 Å². The molecule has 0 atom stereocenters. The SMILES string of the molecule is CC(C)(CO)c1ccc2[nH]ccc2c1F. The summed E-state index contributed by atoms with van der Waals surface area (Å²) in [5.74, 6) is -0.243. The van der Waals surface area contributed by atoms with Crippen LogP contribution < -0.4 is 0 Å². The molecular weight excluding hydrogens is 193 g/mol. The highest BCUT2D eigenvalue weighted by Gasteiger charge is 2.24. The van der Waals surface area contributed by atoms with E-state index >= 15 is 0 Å². The van der Waals surface area contributed by atoms with Crippen LogP contribution in [0.3, 0.4) is 0 Å². The molecule has 0 saturated heterocycles. The second kappa shape index (κ2) is 3.35. The Kier molecular flexibility index (Phi) is 2.27. The summed E-state index contributed by atoms with van der Waals surface area (Å²) in [6.07, 6.45) is 1.71. The van der Waals surface area contributed by atoms with E-state index in [1.165, 1.54) is 0 Å². The van der Waals surface area contributed by atoms with Gasteiger partial charge in [-0.1, -0.05) is 19.9 Å². The van der Waals surface area contributed by atoms with E-state index in [1.54, 1.807) is 18.3 Å². The van der Waals surface area contributed by atoms with E-state index in [1.807, 2.05) is 19.9 Å². The Bertz CT molecular complexity index is 487. The molecule has 0 spiro atoms. The summed E-state index contributed by atoms with van der Waals surface area (Å²) in [5, 5.41) is 9.80. The van der Waals surface area contributed by atoms with Crippen LogP contribution >= 0.6 is 0 Å². The largest absolute Gasteiger partial charge is 0.395 e. The van der Waals surface area contributed by atoms with Gasteiger partial charge in [0.15, 0.2) is 0 Å². The quantitative estimate of drug-likeness (QED) is 0.780. The topological polar surface area (TPSA) is 36.0 Å². The van der Waals surface area contributed by atoms with Gasteiger partial charge in [0.1, 0.15) is 5.82 Å². The van der Waals surface area contributed by atoms with Crippen LogP contribution in [0.15, 0.2) is 24.4 Å². The molecule has 2 nitrogen and oxygen atoms in total. The molecule has 1 heterocycles. The van der Waals surface area contributed by atoms with Gasteiger partial charge in [0.2, 0.25) is 0 Å². The van der Waals surface area contributed by atoms with Crippen LogP contribution in [0.2, 0.25) is 0 Å². The lowest BCUT2D eigenvalue weighted by Gasteiger charge is -2.23. The first-order valence-corrected chi connectivity index (χ1v) is 4.93. The molecule has 0 radical (unpaired) electrons. The number of aromatic nitrogens is 1. The zero-order valence-electron chi connectivity index (χ0n) is 8.84. The third-order valence-electron chi connectivity index (χ3n) is 2.79. The van der Waals surface area contributed by atoms with Gasteiger partial charge < -0.3 is 10.1 Å². The molecule has 0 aliphatic rings. The van der Waals surface area contributed by atoms with E-state index in [0.717, 1.165) is 5.52 Å². The molecule has 80 valence electrons. The van der Waals surface area contributed by atoms with Crippen molar-refractivity contribution >= 4 is 10.9 Å². The highest BCUT2D eigenvalue weighted by molar-refractivity contribution is 5.81. The molecule has 0 fully saturated rings. The molecule has 15 heavy (non-hydrogen) atoms. The Morgan fingerprint density at radius 2 is 2.07 bits per heavy atom. The van der Waals surface area contributed by atoms with Gasteiger partial charge in [0.05, 0.1) is 6.61 Å². The van der Waals surface area contributed by atoms with Gasteiger partial charge in [-0.15, -0.1) is 0 Å². The molecule has 0 aliphatic carbocycles. The van der Waals surface area contributed by atoms with Crippen molar-refractivity contribution in [3.63, 3.8) is 0 Å². The Hall–Kier alpha value is -1.35. The molecule has 0 bridgehead atoms. The Morgan fingerprint density at radius 3 is 2.73 bits per heavy atom. The minimum atomic E-state index is -0.546. The van der Waals surface area contributed by atoms with Crippen LogP contribution in [0.5, 0.6) is 0 Å². The van der Waals surface area contributed by atoms with Crippen LogP contribution in [0.25, 0.3) is 10.9 Å². The van der Waals surface area contributed by atoms with Crippen molar-refractivity contribution in [3.05, 3.63) is 35.8 Å². The maximum absolute atomic E-state index is 14.1. The van der Waals surface area contributed by atoms with Crippen LogP contribution in [0, 0.1) is 5.82 Å². The molecule has 0 amide bonds. The van der Waals surface area contributed by atoms with Crippen LogP contribution in [0.1, 0.15) is 19.4 Å². The zero-order chi connectivity index (χ0) is 11.1. The summed E-state index contributed by atoms with van der Waals surface area (Å²) < 4.78 is 14.1. The van der Waals surface area contributed by atoms with Crippen LogP contribution in [0.4, 0.5) is 4.39 Å². The Balaban J connectivity index is 2.67. The van der Waals surface area contributed by atoms with Crippen LogP contribution in [-0.2, 0) is 5.41 Å². The highest BCUT2D eigenvalue weighted by Crippen LogP contribution is 2.29. The maximum Gasteiger partial charge on any atom is 0.136 e. The molecular formula is C12H14FNO. The Morgan fingerprint density at radius 1 is 1.33 bits per heavy atom. The number of benzene rings is 1. The van der Waals surface area contributed by atoms with Crippen molar-refractivity contribution in [1.29, 1.82) is 0 Å². The van der Waals surface area contributed by atoms with Gasteiger partial charge >= 0.3 is 0 Å². The monoisotopic (exact) mass is 207 g/mol. The number of halogens is 1. The van der Waals surface area contributed by atoms with E-state index in [2.05, 4.69) is 4.98 Å². The summed E-state index contributed by atoms with van der Waals surface area (Å²) in [5.41, 5.74) is 0.789. The molecule has 2 aromatic rings.